The predicted molar refractivity (Wildman–Crippen MR) is 105 cm³/mol. The molecule has 0 bridgehead atoms. The summed E-state index contributed by atoms with van der Waals surface area (Å²) in [4.78, 5) is 26.0. The molecule has 1 aromatic heterocycles. The van der Waals surface area contributed by atoms with Gasteiger partial charge in [-0.05, 0) is 25.5 Å². The van der Waals surface area contributed by atoms with Crippen molar-refractivity contribution in [3.8, 4) is 0 Å². The number of hydrogen-bond donors (Lipinski definition) is 1. The molecule has 2 rings (SSSR count). The number of likely N-dealkylation sites (N-methyl/N-ethyl adjacent to an activating group) is 1. The monoisotopic (exact) mass is 422 g/mol. The van der Waals surface area contributed by atoms with E-state index in [0.717, 1.165) is 24.0 Å². The van der Waals surface area contributed by atoms with Crippen LogP contribution in [0, 0.1) is 6.92 Å². The van der Waals surface area contributed by atoms with Crippen LogP contribution in [0.15, 0.2) is 47.0 Å². The van der Waals surface area contributed by atoms with Gasteiger partial charge in [0.2, 0.25) is 0 Å². The summed E-state index contributed by atoms with van der Waals surface area (Å²) < 4.78 is 39.6. The van der Waals surface area contributed by atoms with E-state index in [1.165, 1.54) is 21.1 Å². The van der Waals surface area contributed by atoms with Crippen LogP contribution in [0.3, 0.4) is 0 Å². The molecule has 0 spiro atoms. The number of oxime groups is 2. The Labute approximate surface area is 171 Å². The molecule has 0 radical (unpaired) electrons. The Kier molecular flexibility index (Phi) is 7.51. The number of nitrogens with zero attached hydrogens (tertiary/aromatic N) is 3. The van der Waals surface area contributed by atoms with Crippen molar-refractivity contribution in [3.05, 3.63) is 64.5 Å². The van der Waals surface area contributed by atoms with Gasteiger partial charge < -0.3 is 15.0 Å². The summed E-state index contributed by atoms with van der Waals surface area (Å²) in [6.07, 6.45) is -2.40. The normalized spacial score (nSPS) is 12.5. The molecular weight excluding hydrogens is 401 g/mol. The number of rotatable bonds is 7. The topological polar surface area (TPSA) is 85.2 Å². The molecule has 7 nitrogen and oxygen atoms in total. The van der Waals surface area contributed by atoms with E-state index in [0.29, 0.717) is 11.1 Å². The van der Waals surface area contributed by atoms with Crippen LogP contribution in [0.25, 0.3) is 0 Å². The second kappa shape index (κ2) is 9.86. The zero-order valence-electron chi connectivity index (χ0n) is 16.9. The van der Waals surface area contributed by atoms with Crippen molar-refractivity contribution >= 4 is 17.3 Å². The molecule has 0 saturated heterocycles. The first-order chi connectivity index (χ1) is 14.2. The van der Waals surface area contributed by atoms with Crippen molar-refractivity contribution < 1.29 is 27.6 Å². The summed E-state index contributed by atoms with van der Waals surface area (Å²) in [6, 6.07) is 6.08. The van der Waals surface area contributed by atoms with Crippen molar-refractivity contribution in [1.82, 2.24) is 10.3 Å². The van der Waals surface area contributed by atoms with E-state index in [2.05, 4.69) is 20.6 Å². The first-order valence-electron chi connectivity index (χ1n) is 8.81. The SMILES string of the molecule is CNC(=O)/C(=N/OC)c1cccc(C)c1CO/N=C(\C)c1cnccc1C(F)(F)F. The van der Waals surface area contributed by atoms with Crippen molar-refractivity contribution in [3.63, 3.8) is 0 Å². The highest BCUT2D eigenvalue weighted by Crippen LogP contribution is 2.31. The van der Waals surface area contributed by atoms with Gasteiger partial charge in [0.15, 0.2) is 5.71 Å². The molecule has 0 unspecified atom stereocenters. The predicted octanol–water partition coefficient (Wildman–Crippen LogP) is 3.45. The average molecular weight is 422 g/mol. The smallest absolute Gasteiger partial charge is 0.398 e. The van der Waals surface area contributed by atoms with Gasteiger partial charge in [-0.15, -0.1) is 0 Å². The van der Waals surface area contributed by atoms with Crippen molar-refractivity contribution in [2.24, 2.45) is 10.3 Å². The van der Waals surface area contributed by atoms with Crippen LogP contribution < -0.4 is 5.32 Å². The quantitative estimate of drug-likeness (QED) is 0.547. The maximum Gasteiger partial charge on any atom is 0.417 e. The van der Waals surface area contributed by atoms with E-state index in [1.54, 1.807) is 25.1 Å². The zero-order valence-corrected chi connectivity index (χ0v) is 16.9. The molecule has 10 heteroatoms. The molecule has 0 aliphatic carbocycles. The molecule has 1 N–H and O–H groups in total. The van der Waals surface area contributed by atoms with Gasteiger partial charge in [0, 0.05) is 36.1 Å². The number of aryl methyl sites for hydroxylation is 1. The van der Waals surface area contributed by atoms with E-state index in [-0.39, 0.29) is 23.6 Å². The Morgan fingerprint density at radius 2 is 1.93 bits per heavy atom. The van der Waals surface area contributed by atoms with E-state index >= 15 is 0 Å². The van der Waals surface area contributed by atoms with Gasteiger partial charge in [0.05, 0.1) is 11.3 Å². The number of hydrogen-bond acceptors (Lipinski definition) is 6. The largest absolute Gasteiger partial charge is 0.417 e. The Morgan fingerprint density at radius 1 is 1.20 bits per heavy atom. The summed E-state index contributed by atoms with van der Waals surface area (Å²) in [5.74, 6) is -0.464. The minimum Gasteiger partial charge on any atom is -0.398 e. The lowest BCUT2D eigenvalue weighted by molar-refractivity contribution is -0.137. The Bertz CT molecular complexity index is 972. The lowest BCUT2D eigenvalue weighted by atomic mass is 9.98. The molecule has 30 heavy (non-hydrogen) atoms. The van der Waals surface area contributed by atoms with Gasteiger partial charge in [0.1, 0.15) is 13.7 Å². The highest BCUT2D eigenvalue weighted by Gasteiger charge is 2.34. The number of pyridine rings is 1. The van der Waals surface area contributed by atoms with Crippen LogP contribution in [0.5, 0.6) is 0 Å². The fraction of sp³-hybridized carbons (Fsp3) is 0.300. The fourth-order valence-corrected chi connectivity index (χ4v) is 2.71. The van der Waals surface area contributed by atoms with Gasteiger partial charge in [-0.25, -0.2) is 0 Å². The summed E-state index contributed by atoms with van der Waals surface area (Å²) in [7, 11) is 2.77. The summed E-state index contributed by atoms with van der Waals surface area (Å²) in [5.41, 5.74) is 0.856. The van der Waals surface area contributed by atoms with Gasteiger partial charge in [-0.2, -0.15) is 13.2 Å². The molecular formula is C20H21F3N4O3. The van der Waals surface area contributed by atoms with Gasteiger partial charge >= 0.3 is 6.18 Å². The van der Waals surface area contributed by atoms with Crippen molar-refractivity contribution in [2.75, 3.05) is 14.2 Å². The maximum atomic E-state index is 13.2. The molecule has 0 aliphatic rings. The Morgan fingerprint density at radius 3 is 2.57 bits per heavy atom. The van der Waals surface area contributed by atoms with Gasteiger partial charge in [-0.1, -0.05) is 28.5 Å². The summed E-state index contributed by atoms with van der Waals surface area (Å²) in [6.45, 7) is 3.10. The fourth-order valence-electron chi connectivity index (χ4n) is 2.71. The number of carbonyl (C=O) groups excluding carboxylic acids is 1. The first-order valence-corrected chi connectivity index (χ1v) is 8.81. The van der Waals surface area contributed by atoms with E-state index in [4.69, 9.17) is 9.68 Å². The standard InChI is InChI=1S/C20H21F3N4O3/c1-12-6-5-7-14(18(27-29-4)19(28)24-3)16(12)11-30-26-13(2)15-10-25-9-8-17(15)20(21,22)23/h5-10H,11H2,1-4H3,(H,24,28)/b26-13+,27-18+. The lowest BCUT2D eigenvalue weighted by Crippen LogP contribution is -2.29. The number of carbonyl (C=O) groups is 1. The Hall–Kier alpha value is -3.43. The highest BCUT2D eigenvalue weighted by molar-refractivity contribution is 6.45. The van der Waals surface area contributed by atoms with Crippen LogP contribution in [0.4, 0.5) is 13.2 Å². The highest BCUT2D eigenvalue weighted by atomic mass is 19.4. The number of aromatic nitrogens is 1. The number of benzene rings is 1. The second-order valence-electron chi connectivity index (χ2n) is 6.17. The van der Waals surface area contributed by atoms with Crippen molar-refractivity contribution in [2.45, 2.75) is 26.6 Å². The van der Waals surface area contributed by atoms with Gasteiger partial charge in [0.25, 0.3) is 5.91 Å². The number of halogens is 3. The third-order valence-electron chi connectivity index (χ3n) is 4.22. The van der Waals surface area contributed by atoms with Crippen LogP contribution in [-0.4, -0.2) is 36.5 Å². The zero-order chi connectivity index (χ0) is 22.3. The van der Waals surface area contributed by atoms with E-state index in [1.807, 2.05) is 0 Å². The molecule has 1 heterocycles. The van der Waals surface area contributed by atoms with E-state index < -0.39 is 17.6 Å². The molecule has 2 aromatic rings. The maximum absolute atomic E-state index is 13.2. The molecule has 0 saturated carbocycles. The molecule has 160 valence electrons. The van der Waals surface area contributed by atoms with Crippen LogP contribution in [0.1, 0.15) is 34.7 Å². The van der Waals surface area contributed by atoms with Crippen LogP contribution in [0.2, 0.25) is 0 Å². The van der Waals surface area contributed by atoms with E-state index in [9.17, 15) is 18.0 Å². The lowest BCUT2D eigenvalue weighted by Gasteiger charge is -2.14. The van der Waals surface area contributed by atoms with Crippen LogP contribution >= 0.6 is 0 Å². The Balaban J connectivity index is 2.33. The van der Waals surface area contributed by atoms with Gasteiger partial charge in [-0.3, -0.25) is 9.78 Å². The molecule has 0 atom stereocenters. The summed E-state index contributed by atoms with van der Waals surface area (Å²) in [5, 5.41) is 10.1. The van der Waals surface area contributed by atoms with Crippen molar-refractivity contribution in [1.29, 1.82) is 0 Å². The molecule has 1 amide bonds. The number of amides is 1. The third kappa shape index (κ3) is 5.34. The average Bonchev–Trinajstić information content (AvgIpc) is 2.72. The third-order valence-corrected chi connectivity index (χ3v) is 4.22. The number of nitrogens with one attached hydrogen (secondary N) is 1. The molecule has 0 aliphatic heterocycles. The summed E-state index contributed by atoms with van der Waals surface area (Å²) >= 11 is 0. The second-order valence-corrected chi connectivity index (χ2v) is 6.17. The minimum absolute atomic E-state index is 0.0163. The molecule has 0 fully saturated rings. The molecule has 1 aromatic carbocycles. The van der Waals surface area contributed by atoms with Crippen LogP contribution in [-0.2, 0) is 27.3 Å². The first kappa shape index (κ1) is 22.9. The minimum atomic E-state index is -4.54. The number of alkyl halides is 3.